The highest BCUT2D eigenvalue weighted by atomic mass is 16.1. The standard InChI is InChI=1S/C23H42O/c1-2-3-4-5-6-7-8-9-10-11-12-13-14-15-16-21-23(24)22-19-17-18-20-22/h9-10,22H,2-8,11-21H2,1H3/b10-9+. The van der Waals surface area contributed by atoms with E-state index in [1.165, 1.54) is 103 Å². The SMILES string of the molecule is CCCCCCCC/C=C/CCCCCCCC(=O)C1CCCC1. The minimum Gasteiger partial charge on any atom is -0.299 e. The Bertz CT molecular complexity index is 312. The van der Waals surface area contributed by atoms with Crippen molar-refractivity contribution in [2.45, 2.75) is 122 Å². The molecule has 24 heavy (non-hydrogen) atoms. The summed E-state index contributed by atoms with van der Waals surface area (Å²) in [5, 5.41) is 0. The number of Topliss-reactive ketones (excluding diaryl/α,β-unsaturated/α-hetero) is 1. The zero-order valence-corrected chi connectivity index (χ0v) is 16.4. The molecule has 1 nitrogen and oxygen atoms in total. The second-order valence-electron chi connectivity index (χ2n) is 7.78. The normalized spacial score (nSPS) is 15.5. The molecule has 0 aromatic heterocycles. The van der Waals surface area contributed by atoms with Crippen molar-refractivity contribution >= 4 is 5.78 Å². The number of hydrogen-bond donors (Lipinski definition) is 0. The lowest BCUT2D eigenvalue weighted by molar-refractivity contribution is -0.122. The van der Waals surface area contributed by atoms with Crippen LogP contribution < -0.4 is 0 Å². The first kappa shape index (κ1) is 21.5. The molecule has 0 spiro atoms. The van der Waals surface area contributed by atoms with Crippen molar-refractivity contribution < 1.29 is 4.79 Å². The monoisotopic (exact) mass is 334 g/mol. The van der Waals surface area contributed by atoms with Crippen LogP contribution in [0.25, 0.3) is 0 Å². The zero-order chi connectivity index (χ0) is 17.3. The largest absolute Gasteiger partial charge is 0.299 e. The molecule has 0 N–H and O–H groups in total. The first-order valence-electron chi connectivity index (χ1n) is 11.0. The van der Waals surface area contributed by atoms with Crippen molar-refractivity contribution in [1.82, 2.24) is 0 Å². The minimum atomic E-state index is 0.432. The molecule has 1 aliphatic rings. The van der Waals surface area contributed by atoms with Gasteiger partial charge in [0.1, 0.15) is 5.78 Å². The summed E-state index contributed by atoms with van der Waals surface area (Å²) in [6.45, 7) is 2.28. The third kappa shape index (κ3) is 11.9. The molecular weight excluding hydrogens is 292 g/mol. The van der Waals surface area contributed by atoms with E-state index < -0.39 is 0 Å². The van der Waals surface area contributed by atoms with Crippen LogP contribution in [0.15, 0.2) is 12.2 Å². The van der Waals surface area contributed by atoms with Crippen LogP contribution in [0.1, 0.15) is 122 Å². The highest BCUT2D eigenvalue weighted by Crippen LogP contribution is 2.27. The molecule has 0 atom stereocenters. The maximum absolute atomic E-state index is 12.0. The summed E-state index contributed by atoms with van der Waals surface area (Å²) in [5.74, 6) is 0.993. The van der Waals surface area contributed by atoms with Crippen LogP contribution in [0.5, 0.6) is 0 Å². The van der Waals surface area contributed by atoms with Crippen molar-refractivity contribution in [1.29, 1.82) is 0 Å². The van der Waals surface area contributed by atoms with Gasteiger partial charge in [0.05, 0.1) is 0 Å². The lowest BCUT2D eigenvalue weighted by Crippen LogP contribution is -2.09. The van der Waals surface area contributed by atoms with E-state index >= 15 is 0 Å². The zero-order valence-electron chi connectivity index (χ0n) is 16.4. The van der Waals surface area contributed by atoms with Crippen LogP contribution >= 0.6 is 0 Å². The van der Waals surface area contributed by atoms with E-state index in [9.17, 15) is 4.79 Å². The highest BCUT2D eigenvalue weighted by Gasteiger charge is 2.21. The fourth-order valence-electron chi connectivity index (χ4n) is 3.82. The van der Waals surface area contributed by atoms with Crippen LogP contribution in [0.4, 0.5) is 0 Å². The van der Waals surface area contributed by atoms with E-state index in [1.807, 2.05) is 0 Å². The third-order valence-corrected chi connectivity index (χ3v) is 5.50. The minimum absolute atomic E-state index is 0.432. The lowest BCUT2D eigenvalue weighted by Gasteiger charge is -2.07. The van der Waals surface area contributed by atoms with Gasteiger partial charge in [-0.2, -0.15) is 0 Å². The average molecular weight is 335 g/mol. The van der Waals surface area contributed by atoms with Crippen molar-refractivity contribution in [2.24, 2.45) is 5.92 Å². The van der Waals surface area contributed by atoms with Gasteiger partial charge in [-0.25, -0.2) is 0 Å². The third-order valence-electron chi connectivity index (χ3n) is 5.50. The van der Waals surface area contributed by atoms with Crippen LogP contribution in [0, 0.1) is 5.92 Å². The smallest absolute Gasteiger partial charge is 0.135 e. The summed E-state index contributed by atoms with van der Waals surface area (Å²) in [6.07, 6.45) is 27.8. The predicted molar refractivity (Wildman–Crippen MR) is 106 cm³/mol. The van der Waals surface area contributed by atoms with Gasteiger partial charge in [-0.05, 0) is 44.9 Å². The van der Waals surface area contributed by atoms with Gasteiger partial charge in [0, 0.05) is 12.3 Å². The van der Waals surface area contributed by atoms with Gasteiger partial charge in [-0.3, -0.25) is 4.79 Å². The molecule has 0 aromatic carbocycles. The Morgan fingerprint density at radius 3 is 1.83 bits per heavy atom. The Labute approximate surface area is 151 Å². The van der Waals surface area contributed by atoms with E-state index in [1.54, 1.807) is 0 Å². The quantitative estimate of drug-likeness (QED) is 0.208. The molecule has 0 unspecified atom stereocenters. The Morgan fingerprint density at radius 1 is 0.750 bits per heavy atom. The fourth-order valence-corrected chi connectivity index (χ4v) is 3.82. The van der Waals surface area contributed by atoms with Gasteiger partial charge in [-0.1, -0.05) is 83.3 Å². The van der Waals surface area contributed by atoms with Crippen LogP contribution in [-0.4, -0.2) is 5.78 Å². The Hall–Kier alpha value is -0.590. The molecule has 0 heterocycles. The lowest BCUT2D eigenvalue weighted by atomic mass is 9.97. The summed E-state index contributed by atoms with van der Waals surface area (Å²) >= 11 is 0. The highest BCUT2D eigenvalue weighted by molar-refractivity contribution is 5.81. The molecular formula is C23H42O. The summed E-state index contributed by atoms with van der Waals surface area (Å²) in [7, 11) is 0. The molecule has 1 fully saturated rings. The van der Waals surface area contributed by atoms with E-state index in [2.05, 4.69) is 19.1 Å². The molecule has 1 aliphatic carbocycles. The number of allylic oxidation sites excluding steroid dienone is 2. The van der Waals surface area contributed by atoms with Gasteiger partial charge >= 0.3 is 0 Å². The van der Waals surface area contributed by atoms with Gasteiger partial charge < -0.3 is 0 Å². The first-order valence-corrected chi connectivity index (χ1v) is 11.0. The van der Waals surface area contributed by atoms with E-state index in [0.717, 1.165) is 12.8 Å². The summed E-state index contributed by atoms with van der Waals surface area (Å²) in [5.41, 5.74) is 0. The fraction of sp³-hybridized carbons (Fsp3) is 0.870. The van der Waals surface area contributed by atoms with Crippen LogP contribution in [-0.2, 0) is 4.79 Å². The second-order valence-corrected chi connectivity index (χ2v) is 7.78. The molecule has 0 saturated heterocycles. The summed E-state index contributed by atoms with van der Waals surface area (Å²) in [6, 6.07) is 0. The predicted octanol–water partition coefficient (Wildman–Crippen LogP) is 7.78. The molecule has 1 saturated carbocycles. The molecule has 1 rings (SSSR count). The summed E-state index contributed by atoms with van der Waals surface area (Å²) < 4.78 is 0. The maximum atomic E-state index is 12.0. The Morgan fingerprint density at radius 2 is 1.25 bits per heavy atom. The topological polar surface area (TPSA) is 17.1 Å². The molecule has 0 aliphatic heterocycles. The number of hydrogen-bond acceptors (Lipinski definition) is 1. The molecule has 1 heteroatoms. The van der Waals surface area contributed by atoms with Crippen molar-refractivity contribution in [3.05, 3.63) is 12.2 Å². The molecule has 140 valence electrons. The number of rotatable bonds is 16. The van der Waals surface area contributed by atoms with Crippen LogP contribution in [0.2, 0.25) is 0 Å². The molecule has 0 aromatic rings. The molecule has 0 amide bonds. The van der Waals surface area contributed by atoms with E-state index in [0.29, 0.717) is 11.7 Å². The number of carbonyl (C=O) groups excluding carboxylic acids is 1. The van der Waals surface area contributed by atoms with Crippen molar-refractivity contribution in [3.8, 4) is 0 Å². The van der Waals surface area contributed by atoms with Gasteiger partial charge in [0.2, 0.25) is 0 Å². The first-order chi connectivity index (χ1) is 11.8. The second kappa shape index (κ2) is 15.9. The van der Waals surface area contributed by atoms with Gasteiger partial charge in [0.25, 0.3) is 0 Å². The van der Waals surface area contributed by atoms with Crippen LogP contribution in [0.3, 0.4) is 0 Å². The van der Waals surface area contributed by atoms with Gasteiger partial charge in [0.15, 0.2) is 0 Å². The average Bonchev–Trinajstić information content (AvgIpc) is 3.13. The Kier molecular flexibility index (Phi) is 14.2. The van der Waals surface area contributed by atoms with E-state index in [-0.39, 0.29) is 0 Å². The van der Waals surface area contributed by atoms with E-state index in [4.69, 9.17) is 0 Å². The van der Waals surface area contributed by atoms with Gasteiger partial charge in [-0.15, -0.1) is 0 Å². The molecule has 0 radical (unpaired) electrons. The Balaban J connectivity index is 1.77. The number of ketones is 1. The maximum Gasteiger partial charge on any atom is 0.135 e. The number of carbonyl (C=O) groups is 1. The summed E-state index contributed by atoms with van der Waals surface area (Å²) in [4.78, 5) is 12.0. The van der Waals surface area contributed by atoms with Crippen molar-refractivity contribution in [3.63, 3.8) is 0 Å². The number of unbranched alkanes of at least 4 members (excludes halogenated alkanes) is 11. The molecule has 0 bridgehead atoms. The van der Waals surface area contributed by atoms with Crippen molar-refractivity contribution in [2.75, 3.05) is 0 Å².